The number of rotatable bonds is 2. The van der Waals surface area contributed by atoms with Crippen molar-refractivity contribution < 1.29 is 24.5 Å². The van der Waals surface area contributed by atoms with Crippen molar-refractivity contribution in [2.24, 2.45) is 0 Å². The predicted molar refractivity (Wildman–Crippen MR) is 59.2 cm³/mol. The van der Waals surface area contributed by atoms with E-state index in [-0.39, 0.29) is 5.56 Å². The van der Waals surface area contributed by atoms with Crippen LogP contribution in [0.2, 0.25) is 0 Å². The van der Waals surface area contributed by atoms with Crippen LogP contribution in [0.25, 0.3) is 0 Å². The summed E-state index contributed by atoms with van der Waals surface area (Å²) in [7, 11) is 0. The fraction of sp³-hybridized carbons (Fsp3) is 0.600. The van der Waals surface area contributed by atoms with Crippen molar-refractivity contribution in [1.82, 2.24) is 9.36 Å². The molecule has 1 aliphatic heterocycles. The zero-order valence-electron chi connectivity index (χ0n) is 9.93. The van der Waals surface area contributed by atoms with Gasteiger partial charge in [0.15, 0.2) is 6.23 Å². The summed E-state index contributed by atoms with van der Waals surface area (Å²) in [6, 6.07) is 0. The summed E-state index contributed by atoms with van der Waals surface area (Å²) in [6.45, 7) is 0.716. The van der Waals surface area contributed by atoms with Crippen LogP contribution >= 0.6 is 0 Å². The van der Waals surface area contributed by atoms with Gasteiger partial charge in [0.1, 0.15) is 18.3 Å². The van der Waals surface area contributed by atoms with Crippen LogP contribution in [0, 0.1) is 6.92 Å². The minimum Gasteiger partial charge on any atom is -0.394 e. The Morgan fingerprint density at radius 2 is 2.00 bits per heavy atom. The molecule has 4 atom stereocenters. The number of aryl methyl sites for hydroxylation is 1. The molecular weight excluding hydrogens is 263 g/mol. The molecule has 106 valence electrons. The molecule has 1 saturated heterocycles. The van der Waals surface area contributed by atoms with E-state index in [4.69, 9.17) is 9.84 Å². The van der Waals surface area contributed by atoms with E-state index in [1.807, 2.05) is 0 Å². The van der Waals surface area contributed by atoms with E-state index in [1.54, 1.807) is 0 Å². The first kappa shape index (κ1) is 13.9. The second-order valence-electron chi connectivity index (χ2n) is 4.32. The summed E-state index contributed by atoms with van der Waals surface area (Å²) in [6.07, 6.45) is -4.37. The van der Waals surface area contributed by atoms with E-state index < -0.39 is 47.2 Å². The van der Waals surface area contributed by atoms with Crippen LogP contribution in [0.15, 0.2) is 15.8 Å². The molecule has 0 bridgehead atoms. The minimum atomic E-state index is -1.52. The molecule has 2 rings (SSSR count). The Balaban J connectivity index is 2.50. The maximum Gasteiger partial charge on any atom is 0.362 e. The predicted octanol–water partition coefficient (Wildman–Crippen LogP) is -2.34. The Bertz CT molecular complexity index is 597. The van der Waals surface area contributed by atoms with Crippen LogP contribution < -0.4 is 11.2 Å². The van der Waals surface area contributed by atoms with Gasteiger partial charge in [-0.15, -0.1) is 0 Å². The molecule has 1 aromatic rings. The SMILES string of the molecule is Cc1cn([C@@H]2O[C@H](CO)C(O)C2O)c(=O)n(F)c1=O. The summed E-state index contributed by atoms with van der Waals surface area (Å²) >= 11 is 0. The number of aliphatic hydroxyl groups excluding tert-OH is 3. The summed E-state index contributed by atoms with van der Waals surface area (Å²) in [5, 5.41) is 28.2. The van der Waals surface area contributed by atoms with Crippen LogP contribution in [-0.2, 0) is 4.74 Å². The van der Waals surface area contributed by atoms with Gasteiger partial charge in [-0.2, -0.15) is 0 Å². The molecule has 0 radical (unpaired) electrons. The summed E-state index contributed by atoms with van der Waals surface area (Å²) < 4.78 is 19.1. The lowest BCUT2D eigenvalue weighted by Crippen LogP contribution is -2.41. The molecule has 0 amide bonds. The zero-order valence-corrected chi connectivity index (χ0v) is 9.93. The molecule has 1 aromatic heterocycles. The largest absolute Gasteiger partial charge is 0.394 e. The van der Waals surface area contributed by atoms with E-state index in [0.29, 0.717) is 4.57 Å². The molecule has 0 saturated carbocycles. The lowest BCUT2D eigenvalue weighted by Gasteiger charge is -2.17. The van der Waals surface area contributed by atoms with Crippen LogP contribution in [0.3, 0.4) is 0 Å². The first-order valence-electron chi connectivity index (χ1n) is 5.52. The molecule has 1 aliphatic rings. The monoisotopic (exact) mass is 276 g/mol. The van der Waals surface area contributed by atoms with Crippen molar-refractivity contribution in [3.05, 3.63) is 32.6 Å². The summed E-state index contributed by atoms with van der Waals surface area (Å²) in [5.41, 5.74) is -2.50. The van der Waals surface area contributed by atoms with Crippen molar-refractivity contribution in [3.63, 3.8) is 0 Å². The normalized spacial score (nSPS) is 30.8. The Morgan fingerprint density at radius 3 is 2.53 bits per heavy atom. The van der Waals surface area contributed by atoms with Crippen LogP contribution in [0.1, 0.15) is 11.8 Å². The van der Waals surface area contributed by atoms with Gasteiger partial charge < -0.3 is 20.1 Å². The second kappa shape index (κ2) is 4.85. The Hall–Kier alpha value is -1.55. The fourth-order valence-electron chi connectivity index (χ4n) is 1.95. The lowest BCUT2D eigenvalue weighted by atomic mass is 10.1. The average Bonchev–Trinajstić information content (AvgIpc) is 2.68. The first-order valence-corrected chi connectivity index (χ1v) is 5.52. The first-order chi connectivity index (χ1) is 8.88. The second-order valence-corrected chi connectivity index (χ2v) is 4.32. The van der Waals surface area contributed by atoms with Gasteiger partial charge in [0, 0.05) is 11.8 Å². The standard InChI is InChI=1S/C10H13FN2O6/c1-4-2-12(10(18)13(11)8(4)17)9-7(16)6(15)5(3-14)19-9/h2,5-7,9,14-16H,3H2,1H3/t5-,6?,7?,9-/m1/s1. The number of ether oxygens (including phenoxy) is 1. The number of halogens is 1. The third-order valence-electron chi connectivity index (χ3n) is 3.03. The number of hydrogen-bond acceptors (Lipinski definition) is 6. The Kier molecular flexibility index (Phi) is 3.54. The van der Waals surface area contributed by atoms with E-state index in [2.05, 4.69) is 0 Å². The molecule has 1 fully saturated rings. The third-order valence-corrected chi connectivity index (χ3v) is 3.03. The highest BCUT2D eigenvalue weighted by atomic mass is 19.2. The van der Waals surface area contributed by atoms with Crippen LogP contribution in [0.4, 0.5) is 4.48 Å². The maximum atomic E-state index is 13.3. The van der Waals surface area contributed by atoms with E-state index in [0.717, 1.165) is 6.20 Å². The molecular formula is C10H13FN2O6. The number of aromatic nitrogens is 2. The highest BCUT2D eigenvalue weighted by molar-refractivity contribution is 5.03. The molecule has 9 heteroatoms. The lowest BCUT2D eigenvalue weighted by molar-refractivity contribution is -0.0566. The van der Waals surface area contributed by atoms with Gasteiger partial charge in [-0.05, 0) is 6.92 Å². The molecule has 0 aliphatic carbocycles. The van der Waals surface area contributed by atoms with Gasteiger partial charge in [-0.25, -0.2) is 4.79 Å². The smallest absolute Gasteiger partial charge is 0.362 e. The number of hydrogen-bond donors (Lipinski definition) is 3. The highest BCUT2D eigenvalue weighted by Gasteiger charge is 2.44. The quantitative estimate of drug-likeness (QED) is 0.558. The molecule has 8 nitrogen and oxygen atoms in total. The van der Waals surface area contributed by atoms with Crippen LogP contribution in [0.5, 0.6) is 0 Å². The number of nitrogens with zero attached hydrogens (tertiary/aromatic N) is 2. The highest BCUT2D eigenvalue weighted by Crippen LogP contribution is 2.27. The molecule has 0 spiro atoms. The van der Waals surface area contributed by atoms with E-state index in [9.17, 15) is 24.3 Å². The van der Waals surface area contributed by atoms with Crippen molar-refractivity contribution in [2.45, 2.75) is 31.5 Å². The molecule has 3 N–H and O–H groups in total. The van der Waals surface area contributed by atoms with Gasteiger partial charge in [0.25, 0.3) is 5.56 Å². The van der Waals surface area contributed by atoms with Crippen molar-refractivity contribution >= 4 is 0 Å². The Morgan fingerprint density at radius 1 is 1.37 bits per heavy atom. The molecule has 0 aromatic carbocycles. The van der Waals surface area contributed by atoms with E-state index >= 15 is 0 Å². The van der Waals surface area contributed by atoms with Gasteiger partial charge in [-0.3, -0.25) is 9.36 Å². The average molecular weight is 276 g/mol. The fourth-order valence-corrected chi connectivity index (χ4v) is 1.95. The topological polar surface area (TPSA) is 114 Å². The van der Waals surface area contributed by atoms with Crippen molar-refractivity contribution in [3.8, 4) is 0 Å². The van der Waals surface area contributed by atoms with E-state index in [1.165, 1.54) is 6.92 Å². The Labute approximate surface area is 105 Å². The molecule has 19 heavy (non-hydrogen) atoms. The van der Waals surface area contributed by atoms with Gasteiger partial charge >= 0.3 is 5.69 Å². The van der Waals surface area contributed by atoms with Crippen LogP contribution in [-0.4, -0.2) is 49.6 Å². The third kappa shape index (κ3) is 2.10. The van der Waals surface area contributed by atoms with Gasteiger partial charge in [0.05, 0.1) is 6.61 Å². The molecule has 2 heterocycles. The minimum absolute atomic E-state index is 0.0696. The van der Waals surface area contributed by atoms with Crippen molar-refractivity contribution in [1.29, 1.82) is 0 Å². The van der Waals surface area contributed by atoms with Crippen molar-refractivity contribution in [2.75, 3.05) is 6.61 Å². The van der Waals surface area contributed by atoms with Gasteiger partial charge in [-0.1, -0.05) is 9.27 Å². The summed E-state index contributed by atoms with van der Waals surface area (Å²) in [5.74, 6) is 0. The molecule has 2 unspecified atom stereocenters. The summed E-state index contributed by atoms with van der Waals surface area (Å²) in [4.78, 5) is 22.2. The zero-order chi connectivity index (χ0) is 14.3. The maximum absolute atomic E-state index is 13.3. The van der Waals surface area contributed by atoms with Gasteiger partial charge in [0.2, 0.25) is 0 Å². The number of aliphatic hydroxyl groups is 3.